The van der Waals surface area contributed by atoms with Gasteiger partial charge in [-0.2, -0.15) is 0 Å². The van der Waals surface area contributed by atoms with E-state index in [-0.39, 0.29) is 18.8 Å². The molecule has 0 amide bonds. The number of nitro groups is 1. The SMILES string of the molecule is COCCOC(=O)c1cc([N+](=O)[O-])c(Cl)c(S(N)(=O)=O)c1. The molecule has 0 aliphatic carbocycles. The van der Waals surface area contributed by atoms with E-state index in [0.717, 1.165) is 12.1 Å². The second kappa shape index (κ2) is 6.80. The molecule has 0 heterocycles. The highest BCUT2D eigenvalue weighted by atomic mass is 35.5. The summed E-state index contributed by atoms with van der Waals surface area (Å²) in [7, 11) is -2.95. The first kappa shape index (κ1) is 17.3. The molecule has 0 saturated heterocycles. The lowest BCUT2D eigenvalue weighted by atomic mass is 10.2. The van der Waals surface area contributed by atoms with Gasteiger partial charge >= 0.3 is 5.97 Å². The van der Waals surface area contributed by atoms with Gasteiger partial charge in [-0.1, -0.05) is 11.6 Å². The van der Waals surface area contributed by atoms with Gasteiger partial charge in [-0.3, -0.25) is 10.1 Å². The van der Waals surface area contributed by atoms with E-state index in [9.17, 15) is 23.3 Å². The Hall–Kier alpha value is -1.75. The third-order valence-corrected chi connectivity index (χ3v) is 3.72. The Bertz CT molecular complexity index is 674. The number of halogens is 1. The summed E-state index contributed by atoms with van der Waals surface area (Å²) in [6, 6.07) is 1.63. The number of nitro benzene ring substituents is 1. The number of methoxy groups -OCH3 is 1. The smallest absolute Gasteiger partial charge is 0.338 e. The van der Waals surface area contributed by atoms with E-state index in [1.54, 1.807) is 0 Å². The summed E-state index contributed by atoms with van der Waals surface area (Å²) >= 11 is 5.62. The third kappa shape index (κ3) is 4.36. The zero-order chi connectivity index (χ0) is 16.2. The van der Waals surface area contributed by atoms with Gasteiger partial charge in [0.15, 0.2) is 0 Å². The summed E-state index contributed by atoms with van der Waals surface area (Å²) in [5.41, 5.74) is -1.12. The lowest BCUT2D eigenvalue weighted by Gasteiger charge is -2.07. The van der Waals surface area contributed by atoms with Gasteiger partial charge in [-0.25, -0.2) is 18.4 Å². The maximum absolute atomic E-state index is 11.7. The molecule has 0 bridgehead atoms. The van der Waals surface area contributed by atoms with E-state index in [4.69, 9.17) is 21.5 Å². The molecule has 0 spiro atoms. The van der Waals surface area contributed by atoms with Crippen LogP contribution in [-0.2, 0) is 19.5 Å². The van der Waals surface area contributed by atoms with Crippen molar-refractivity contribution in [2.45, 2.75) is 4.90 Å². The summed E-state index contributed by atoms with van der Waals surface area (Å²) in [4.78, 5) is 20.9. The molecule has 1 aromatic carbocycles. The van der Waals surface area contributed by atoms with Crippen LogP contribution < -0.4 is 5.14 Å². The summed E-state index contributed by atoms with van der Waals surface area (Å²) in [5.74, 6) is -0.961. The molecule has 1 rings (SSSR count). The first-order valence-corrected chi connectivity index (χ1v) is 7.27. The molecule has 2 N–H and O–H groups in total. The van der Waals surface area contributed by atoms with Crippen molar-refractivity contribution in [2.75, 3.05) is 20.3 Å². The number of carbonyl (C=O) groups is 1. The van der Waals surface area contributed by atoms with Crippen molar-refractivity contribution in [2.24, 2.45) is 5.14 Å². The van der Waals surface area contributed by atoms with Crippen LogP contribution in [0.15, 0.2) is 17.0 Å². The van der Waals surface area contributed by atoms with Gasteiger partial charge in [0.25, 0.3) is 5.69 Å². The monoisotopic (exact) mass is 338 g/mol. The number of nitrogens with two attached hydrogens (primary N) is 1. The van der Waals surface area contributed by atoms with Crippen LogP contribution in [0.5, 0.6) is 0 Å². The van der Waals surface area contributed by atoms with Gasteiger partial charge in [0.05, 0.1) is 17.1 Å². The maximum Gasteiger partial charge on any atom is 0.338 e. The highest BCUT2D eigenvalue weighted by Gasteiger charge is 2.26. The van der Waals surface area contributed by atoms with E-state index < -0.39 is 36.5 Å². The molecule has 9 nitrogen and oxygen atoms in total. The number of hydrogen-bond acceptors (Lipinski definition) is 7. The van der Waals surface area contributed by atoms with E-state index in [1.165, 1.54) is 7.11 Å². The summed E-state index contributed by atoms with van der Waals surface area (Å²) in [5, 5.41) is 15.1. The van der Waals surface area contributed by atoms with Gasteiger partial charge in [0.2, 0.25) is 10.0 Å². The highest BCUT2D eigenvalue weighted by Crippen LogP contribution is 2.32. The van der Waals surface area contributed by atoms with Crippen LogP contribution in [0, 0.1) is 10.1 Å². The fourth-order valence-corrected chi connectivity index (χ4v) is 2.49. The third-order valence-electron chi connectivity index (χ3n) is 2.28. The van der Waals surface area contributed by atoms with E-state index in [1.807, 2.05) is 0 Å². The summed E-state index contributed by atoms with van der Waals surface area (Å²) < 4.78 is 32.1. The Morgan fingerprint density at radius 2 is 2.05 bits per heavy atom. The van der Waals surface area contributed by atoms with Crippen LogP contribution in [0.4, 0.5) is 5.69 Å². The fourth-order valence-electron chi connectivity index (χ4n) is 1.34. The molecular weight excluding hydrogens is 328 g/mol. The Kier molecular flexibility index (Phi) is 5.61. The highest BCUT2D eigenvalue weighted by molar-refractivity contribution is 7.89. The van der Waals surface area contributed by atoms with Gasteiger partial charge in [-0.05, 0) is 6.07 Å². The van der Waals surface area contributed by atoms with Gasteiger partial charge in [0, 0.05) is 13.2 Å². The van der Waals surface area contributed by atoms with Gasteiger partial charge in [-0.15, -0.1) is 0 Å². The van der Waals surface area contributed by atoms with Crippen LogP contribution in [-0.4, -0.2) is 39.6 Å². The quantitative estimate of drug-likeness (QED) is 0.348. The van der Waals surface area contributed by atoms with Crippen LogP contribution >= 0.6 is 11.6 Å². The molecule has 0 aliphatic heterocycles. The number of ether oxygens (including phenoxy) is 2. The van der Waals surface area contributed by atoms with Crippen molar-refractivity contribution in [3.05, 3.63) is 32.8 Å². The molecule has 0 aliphatic rings. The van der Waals surface area contributed by atoms with E-state index in [2.05, 4.69) is 4.74 Å². The zero-order valence-electron chi connectivity index (χ0n) is 10.7. The number of nitrogens with zero attached hydrogens (tertiary/aromatic N) is 1. The standard InChI is InChI=1S/C10H11ClN2O7S/c1-19-2-3-20-10(14)6-4-7(13(15)16)9(11)8(5-6)21(12,17)18/h4-5H,2-3H2,1H3,(H2,12,17,18). The predicted octanol–water partition coefficient (Wildman–Crippen LogP) is 0.699. The maximum atomic E-state index is 11.7. The van der Waals surface area contributed by atoms with Crippen molar-refractivity contribution < 1.29 is 27.6 Å². The number of benzene rings is 1. The predicted molar refractivity (Wildman–Crippen MR) is 71.6 cm³/mol. The number of esters is 1. The molecular formula is C10H11ClN2O7S. The molecule has 21 heavy (non-hydrogen) atoms. The Labute approximate surface area is 124 Å². The minimum absolute atomic E-state index is 0.101. The number of sulfonamides is 1. The second-order valence-electron chi connectivity index (χ2n) is 3.74. The zero-order valence-corrected chi connectivity index (χ0v) is 12.3. The van der Waals surface area contributed by atoms with Crippen LogP contribution in [0.1, 0.15) is 10.4 Å². The fraction of sp³-hybridized carbons (Fsp3) is 0.300. The molecule has 11 heteroatoms. The Balaban J connectivity index is 3.31. The average molecular weight is 339 g/mol. The summed E-state index contributed by atoms with van der Waals surface area (Å²) in [6.07, 6.45) is 0. The van der Waals surface area contributed by atoms with Crippen molar-refractivity contribution in [1.82, 2.24) is 0 Å². The van der Waals surface area contributed by atoms with Crippen molar-refractivity contribution >= 4 is 33.3 Å². The topological polar surface area (TPSA) is 139 Å². The molecule has 0 radical (unpaired) electrons. The molecule has 116 valence electrons. The Morgan fingerprint density at radius 3 is 2.52 bits per heavy atom. The number of rotatable bonds is 6. The van der Waals surface area contributed by atoms with E-state index in [0.29, 0.717) is 0 Å². The average Bonchev–Trinajstić information content (AvgIpc) is 2.37. The van der Waals surface area contributed by atoms with Crippen molar-refractivity contribution in [3.8, 4) is 0 Å². The normalized spacial score (nSPS) is 11.2. The minimum atomic E-state index is -4.34. The Morgan fingerprint density at radius 1 is 1.43 bits per heavy atom. The second-order valence-corrected chi connectivity index (χ2v) is 5.65. The van der Waals surface area contributed by atoms with Gasteiger partial charge < -0.3 is 9.47 Å². The molecule has 1 aromatic rings. The van der Waals surface area contributed by atoms with Crippen LogP contribution in [0.2, 0.25) is 5.02 Å². The molecule has 0 unspecified atom stereocenters. The first-order valence-electron chi connectivity index (χ1n) is 5.35. The molecule has 0 atom stereocenters. The lowest BCUT2D eigenvalue weighted by molar-refractivity contribution is -0.384. The van der Waals surface area contributed by atoms with Gasteiger partial charge in [0.1, 0.15) is 16.5 Å². The number of primary sulfonamides is 1. The van der Waals surface area contributed by atoms with Crippen LogP contribution in [0.25, 0.3) is 0 Å². The van der Waals surface area contributed by atoms with Crippen LogP contribution in [0.3, 0.4) is 0 Å². The van der Waals surface area contributed by atoms with Crippen molar-refractivity contribution in [3.63, 3.8) is 0 Å². The number of carbonyl (C=O) groups excluding carboxylic acids is 1. The number of hydrogen-bond donors (Lipinski definition) is 1. The first-order chi connectivity index (χ1) is 9.68. The molecule has 0 saturated carbocycles. The molecule has 0 fully saturated rings. The van der Waals surface area contributed by atoms with E-state index >= 15 is 0 Å². The minimum Gasteiger partial charge on any atom is -0.460 e. The lowest BCUT2D eigenvalue weighted by Crippen LogP contribution is -2.16. The van der Waals surface area contributed by atoms with Crippen molar-refractivity contribution in [1.29, 1.82) is 0 Å². The summed E-state index contributed by atoms with van der Waals surface area (Å²) in [6.45, 7) is 0.0138. The largest absolute Gasteiger partial charge is 0.460 e. The molecule has 0 aromatic heterocycles.